The number of hydrogen-bond donors (Lipinski definition) is 1. The molecule has 0 aromatic carbocycles. The van der Waals surface area contributed by atoms with Crippen LogP contribution in [0.1, 0.15) is 31.9 Å². The lowest BCUT2D eigenvalue weighted by Crippen LogP contribution is -2.37. The van der Waals surface area contributed by atoms with Gasteiger partial charge in [-0.1, -0.05) is 13.0 Å². The van der Waals surface area contributed by atoms with Crippen molar-refractivity contribution in [3.8, 4) is 0 Å². The van der Waals surface area contributed by atoms with Gasteiger partial charge in [0.1, 0.15) is 5.82 Å². The summed E-state index contributed by atoms with van der Waals surface area (Å²) in [5.74, 6) is 0.823. The third-order valence-corrected chi connectivity index (χ3v) is 5.46. The summed E-state index contributed by atoms with van der Waals surface area (Å²) < 4.78 is 34.3. The first-order chi connectivity index (χ1) is 10.5. The van der Waals surface area contributed by atoms with Crippen molar-refractivity contribution in [2.24, 2.45) is 5.92 Å². The summed E-state index contributed by atoms with van der Waals surface area (Å²) in [6.07, 6.45) is 3.47. The Morgan fingerprint density at radius 3 is 2.91 bits per heavy atom. The molecule has 2 heterocycles. The van der Waals surface area contributed by atoms with E-state index in [2.05, 4.69) is 9.71 Å². The Kier molecular flexibility index (Phi) is 6.16. The molecule has 124 valence electrons. The van der Waals surface area contributed by atoms with Gasteiger partial charge in [-0.3, -0.25) is 4.72 Å². The number of methoxy groups -OCH3 is 1. The molecule has 2 rings (SSSR count). The van der Waals surface area contributed by atoms with Gasteiger partial charge < -0.3 is 4.74 Å². The lowest BCUT2D eigenvalue weighted by atomic mass is 10.0. The zero-order valence-electron chi connectivity index (χ0n) is 13.3. The molecule has 0 radical (unpaired) electrons. The van der Waals surface area contributed by atoms with Crippen LogP contribution in [0.4, 0.5) is 5.82 Å². The molecule has 1 saturated heterocycles. The van der Waals surface area contributed by atoms with E-state index in [-0.39, 0.29) is 0 Å². The van der Waals surface area contributed by atoms with E-state index in [9.17, 15) is 8.42 Å². The van der Waals surface area contributed by atoms with Gasteiger partial charge in [0.25, 0.3) is 0 Å². The van der Waals surface area contributed by atoms with Crippen molar-refractivity contribution in [2.45, 2.75) is 32.6 Å². The molecular weight excluding hydrogens is 302 g/mol. The Balaban J connectivity index is 2.03. The number of pyridine rings is 1. The van der Waals surface area contributed by atoms with Gasteiger partial charge in [-0.2, -0.15) is 12.7 Å². The Morgan fingerprint density at radius 1 is 1.36 bits per heavy atom. The quantitative estimate of drug-likeness (QED) is 0.868. The van der Waals surface area contributed by atoms with Crippen LogP contribution in [0.25, 0.3) is 0 Å². The molecule has 1 aliphatic rings. The predicted molar refractivity (Wildman–Crippen MR) is 86.9 cm³/mol. The molecule has 1 aromatic rings. The molecular formula is C15H25N3O3S. The van der Waals surface area contributed by atoms with Crippen LogP contribution in [0.15, 0.2) is 18.2 Å². The van der Waals surface area contributed by atoms with E-state index < -0.39 is 10.2 Å². The number of hydrogen-bond acceptors (Lipinski definition) is 4. The maximum atomic E-state index is 12.5. The number of nitrogens with zero attached hydrogens (tertiary/aromatic N) is 2. The highest BCUT2D eigenvalue weighted by Crippen LogP contribution is 2.20. The average Bonchev–Trinajstić information content (AvgIpc) is 2.73. The molecule has 1 aliphatic heterocycles. The minimum Gasteiger partial charge on any atom is -0.384 e. The summed E-state index contributed by atoms with van der Waals surface area (Å²) in [4.78, 5) is 4.30. The van der Waals surface area contributed by atoms with Crippen LogP contribution in [0, 0.1) is 5.92 Å². The maximum absolute atomic E-state index is 12.5. The minimum absolute atomic E-state index is 0.386. The Bertz CT molecular complexity index is 577. The first-order valence-corrected chi connectivity index (χ1v) is 9.22. The maximum Gasteiger partial charge on any atom is 0.302 e. The second-order valence-corrected chi connectivity index (χ2v) is 7.30. The van der Waals surface area contributed by atoms with E-state index >= 15 is 0 Å². The number of anilines is 1. The van der Waals surface area contributed by atoms with Crippen molar-refractivity contribution in [3.05, 3.63) is 23.9 Å². The molecule has 22 heavy (non-hydrogen) atoms. The molecule has 7 heteroatoms. The van der Waals surface area contributed by atoms with Crippen LogP contribution in [0.2, 0.25) is 0 Å². The summed E-state index contributed by atoms with van der Waals surface area (Å²) in [5, 5.41) is 0. The molecule has 0 bridgehead atoms. The fourth-order valence-electron chi connectivity index (χ4n) is 2.71. The number of rotatable bonds is 6. The van der Waals surface area contributed by atoms with E-state index in [0.717, 1.165) is 31.4 Å². The van der Waals surface area contributed by atoms with Gasteiger partial charge in [-0.05, 0) is 43.7 Å². The number of aromatic nitrogens is 1. The van der Waals surface area contributed by atoms with Gasteiger partial charge in [0.05, 0.1) is 0 Å². The largest absolute Gasteiger partial charge is 0.384 e. The molecule has 1 fully saturated rings. The van der Waals surface area contributed by atoms with Crippen LogP contribution in [0.3, 0.4) is 0 Å². The zero-order valence-corrected chi connectivity index (χ0v) is 14.1. The third kappa shape index (κ3) is 4.66. The molecule has 1 unspecified atom stereocenters. The lowest BCUT2D eigenvalue weighted by Gasteiger charge is -2.20. The zero-order chi connectivity index (χ0) is 16.0. The van der Waals surface area contributed by atoms with Crippen molar-refractivity contribution >= 4 is 16.0 Å². The van der Waals surface area contributed by atoms with Gasteiger partial charge in [0, 0.05) is 32.5 Å². The van der Waals surface area contributed by atoms with E-state index in [4.69, 9.17) is 4.74 Å². The summed E-state index contributed by atoms with van der Waals surface area (Å²) in [7, 11) is -1.86. The number of nitrogens with one attached hydrogen (secondary N) is 1. The van der Waals surface area contributed by atoms with E-state index in [1.54, 1.807) is 13.2 Å². The van der Waals surface area contributed by atoms with E-state index in [1.807, 2.05) is 19.1 Å². The normalized spacial score (nSPS) is 20.5. The Hall–Kier alpha value is -1.18. The van der Waals surface area contributed by atoms with E-state index in [1.165, 1.54) is 4.31 Å². The van der Waals surface area contributed by atoms with Gasteiger partial charge in [0.15, 0.2) is 0 Å². The minimum atomic E-state index is -3.54. The average molecular weight is 327 g/mol. The van der Waals surface area contributed by atoms with Crippen molar-refractivity contribution in [2.75, 3.05) is 31.5 Å². The molecule has 1 N–H and O–H groups in total. The Labute approximate surface area is 133 Å². The van der Waals surface area contributed by atoms with Gasteiger partial charge in [-0.15, -0.1) is 0 Å². The topological polar surface area (TPSA) is 71.5 Å². The second kappa shape index (κ2) is 7.89. The van der Waals surface area contributed by atoms with Gasteiger partial charge >= 0.3 is 10.2 Å². The van der Waals surface area contributed by atoms with Crippen molar-refractivity contribution in [1.82, 2.24) is 9.29 Å². The molecule has 0 saturated carbocycles. The highest BCUT2D eigenvalue weighted by Gasteiger charge is 2.26. The second-order valence-electron chi connectivity index (χ2n) is 5.63. The van der Waals surface area contributed by atoms with Gasteiger partial charge in [-0.25, -0.2) is 4.98 Å². The summed E-state index contributed by atoms with van der Waals surface area (Å²) in [5.41, 5.74) is 0.872. The summed E-state index contributed by atoms with van der Waals surface area (Å²) in [6.45, 7) is 3.76. The third-order valence-electron chi connectivity index (χ3n) is 3.95. The first-order valence-electron chi connectivity index (χ1n) is 7.78. The summed E-state index contributed by atoms with van der Waals surface area (Å²) >= 11 is 0. The molecule has 1 atom stereocenters. The first kappa shape index (κ1) is 17.2. The van der Waals surface area contributed by atoms with Crippen LogP contribution in [-0.2, 0) is 21.4 Å². The van der Waals surface area contributed by atoms with Crippen LogP contribution >= 0.6 is 0 Å². The fraction of sp³-hybridized carbons (Fsp3) is 0.667. The van der Waals surface area contributed by atoms with Crippen LogP contribution < -0.4 is 4.72 Å². The smallest absolute Gasteiger partial charge is 0.302 e. The number of aryl methyl sites for hydroxylation is 1. The van der Waals surface area contributed by atoms with Crippen LogP contribution in [0.5, 0.6) is 0 Å². The molecule has 0 amide bonds. The van der Waals surface area contributed by atoms with Crippen molar-refractivity contribution in [1.29, 1.82) is 0 Å². The van der Waals surface area contributed by atoms with Crippen LogP contribution in [-0.4, -0.2) is 44.5 Å². The monoisotopic (exact) mass is 327 g/mol. The lowest BCUT2D eigenvalue weighted by molar-refractivity contribution is 0.145. The fourth-order valence-corrected chi connectivity index (χ4v) is 3.93. The highest BCUT2D eigenvalue weighted by atomic mass is 32.2. The van der Waals surface area contributed by atoms with Gasteiger partial charge in [0.2, 0.25) is 0 Å². The molecule has 0 spiro atoms. The van der Waals surface area contributed by atoms with Crippen molar-refractivity contribution in [3.63, 3.8) is 0 Å². The van der Waals surface area contributed by atoms with E-state index in [0.29, 0.717) is 31.4 Å². The Morgan fingerprint density at radius 2 is 2.18 bits per heavy atom. The molecule has 6 nitrogen and oxygen atoms in total. The van der Waals surface area contributed by atoms with Crippen molar-refractivity contribution < 1.29 is 13.2 Å². The summed E-state index contributed by atoms with van der Waals surface area (Å²) in [6, 6.07) is 5.39. The SMILES string of the molecule is CCc1cccc(NS(=O)(=O)N2CCCC(COC)CC2)n1. The molecule has 0 aliphatic carbocycles. The highest BCUT2D eigenvalue weighted by molar-refractivity contribution is 7.90. The molecule has 1 aromatic heterocycles. The predicted octanol–water partition coefficient (Wildman–Crippen LogP) is 2.05. The standard InChI is InChI=1S/C15H25N3O3S/c1-3-14-7-4-8-15(16-14)17-22(19,20)18-10-5-6-13(9-11-18)12-21-2/h4,7-8,13H,3,5-6,9-12H2,1-2H3,(H,16,17). The number of ether oxygens (including phenoxy) is 1.